The van der Waals surface area contributed by atoms with Gasteiger partial charge in [0, 0.05) is 36.1 Å². The highest BCUT2D eigenvalue weighted by Gasteiger charge is 2.44. The monoisotopic (exact) mass is 398 g/mol. The Bertz CT molecular complexity index is 844. The first-order chi connectivity index (χ1) is 13.6. The van der Waals surface area contributed by atoms with Crippen molar-refractivity contribution in [2.24, 2.45) is 4.99 Å². The van der Waals surface area contributed by atoms with Crippen molar-refractivity contribution in [3.05, 3.63) is 70.2 Å². The summed E-state index contributed by atoms with van der Waals surface area (Å²) in [4.78, 5) is 16.3. The number of aliphatic imine (C=N–C) groups is 1. The Morgan fingerprint density at radius 2 is 1.89 bits per heavy atom. The van der Waals surface area contributed by atoms with Crippen LogP contribution < -0.4 is 16.0 Å². The highest BCUT2D eigenvalue weighted by atomic mass is 35.5. The summed E-state index contributed by atoms with van der Waals surface area (Å²) in [6.45, 7) is 4.23. The van der Waals surface area contributed by atoms with E-state index in [4.69, 9.17) is 11.6 Å². The predicted molar refractivity (Wildman–Crippen MR) is 115 cm³/mol. The summed E-state index contributed by atoms with van der Waals surface area (Å²) in [6, 6.07) is 15.7. The standard InChI is InChI=1S/C22H27ClN4O/c1-3-25-21(26-14-16-7-9-17(10-8-16)20(28)24-2)27-15-22(11-12-22)18-5-4-6-19(23)13-18/h4-10,13H,3,11-12,14-15H2,1-2H3,(H,24,28)(H2,25,26,27). The summed E-state index contributed by atoms with van der Waals surface area (Å²) in [7, 11) is 1.63. The average Bonchev–Trinajstić information content (AvgIpc) is 3.51. The lowest BCUT2D eigenvalue weighted by Crippen LogP contribution is -2.41. The highest BCUT2D eigenvalue weighted by molar-refractivity contribution is 6.30. The second-order valence-corrected chi connectivity index (χ2v) is 7.55. The molecule has 0 saturated heterocycles. The van der Waals surface area contributed by atoms with E-state index in [1.807, 2.05) is 36.4 Å². The molecule has 1 aliphatic rings. The highest BCUT2D eigenvalue weighted by Crippen LogP contribution is 2.48. The molecule has 0 radical (unpaired) electrons. The van der Waals surface area contributed by atoms with Gasteiger partial charge in [0.05, 0.1) is 6.54 Å². The Balaban J connectivity index is 1.62. The number of guanidine groups is 1. The average molecular weight is 399 g/mol. The number of halogens is 1. The molecule has 0 aromatic heterocycles. The Morgan fingerprint density at radius 1 is 1.14 bits per heavy atom. The van der Waals surface area contributed by atoms with Crippen molar-refractivity contribution in [2.45, 2.75) is 31.7 Å². The zero-order chi connectivity index (χ0) is 20.0. The number of carbonyl (C=O) groups excluding carboxylic acids is 1. The van der Waals surface area contributed by atoms with E-state index in [9.17, 15) is 4.79 Å². The smallest absolute Gasteiger partial charge is 0.251 e. The van der Waals surface area contributed by atoms with Crippen molar-refractivity contribution >= 4 is 23.5 Å². The Morgan fingerprint density at radius 3 is 2.50 bits per heavy atom. The fourth-order valence-corrected chi connectivity index (χ4v) is 3.40. The van der Waals surface area contributed by atoms with Crippen molar-refractivity contribution in [3.63, 3.8) is 0 Å². The third-order valence-corrected chi connectivity index (χ3v) is 5.33. The Hall–Kier alpha value is -2.53. The molecule has 6 heteroatoms. The Labute approximate surface area is 171 Å². The quantitative estimate of drug-likeness (QED) is 0.494. The molecule has 1 amide bonds. The van der Waals surface area contributed by atoms with Crippen molar-refractivity contribution < 1.29 is 4.79 Å². The number of rotatable bonds is 7. The lowest BCUT2D eigenvalue weighted by molar-refractivity contribution is 0.0963. The molecule has 0 aliphatic heterocycles. The number of benzene rings is 2. The molecule has 0 atom stereocenters. The number of nitrogens with one attached hydrogen (secondary N) is 3. The van der Waals surface area contributed by atoms with Crippen LogP contribution in [0.2, 0.25) is 5.02 Å². The summed E-state index contributed by atoms with van der Waals surface area (Å²) >= 11 is 6.17. The number of hydrogen-bond donors (Lipinski definition) is 3. The van der Waals surface area contributed by atoms with Gasteiger partial charge in [0.15, 0.2) is 5.96 Å². The molecule has 1 saturated carbocycles. The molecule has 2 aromatic carbocycles. The molecule has 1 aliphatic carbocycles. The third-order valence-electron chi connectivity index (χ3n) is 5.09. The minimum Gasteiger partial charge on any atom is -0.357 e. The van der Waals surface area contributed by atoms with E-state index >= 15 is 0 Å². The van der Waals surface area contributed by atoms with E-state index in [-0.39, 0.29) is 11.3 Å². The lowest BCUT2D eigenvalue weighted by atomic mass is 9.96. The van der Waals surface area contributed by atoms with Crippen LogP contribution in [0.1, 0.15) is 41.3 Å². The summed E-state index contributed by atoms with van der Waals surface area (Å²) in [5.41, 5.74) is 3.14. The van der Waals surface area contributed by atoms with Crippen LogP contribution in [0.4, 0.5) is 0 Å². The van der Waals surface area contributed by atoms with Crippen LogP contribution in [-0.4, -0.2) is 32.0 Å². The minimum atomic E-state index is -0.0826. The summed E-state index contributed by atoms with van der Waals surface area (Å²) in [6.07, 6.45) is 2.31. The molecule has 0 spiro atoms. The van der Waals surface area contributed by atoms with Crippen LogP contribution >= 0.6 is 11.6 Å². The molecule has 28 heavy (non-hydrogen) atoms. The number of carbonyl (C=O) groups is 1. The van der Waals surface area contributed by atoms with Gasteiger partial charge in [-0.05, 0) is 55.2 Å². The number of nitrogens with zero attached hydrogens (tertiary/aromatic N) is 1. The molecule has 2 aromatic rings. The Kier molecular flexibility index (Phi) is 6.57. The first-order valence-corrected chi connectivity index (χ1v) is 10.0. The third kappa shape index (κ3) is 5.04. The summed E-state index contributed by atoms with van der Waals surface area (Å²) in [5.74, 6) is 0.715. The first kappa shape index (κ1) is 20.2. The van der Waals surface area contributed by atoms with E-state index in [2.05, 4.69) is 40.0 Å². The largest absolute Gasteiger partial charge is 0.357 e. The van der Waals surface area contributed by atoms with Gasteiger partial charge in [-0.15, -0.1) is 0 Å². The van der Waals surface area contributed by atoms with Crippen LogP contribution in [-0.2, 0) is 12.0 Å². The summed E-state index contributed by atoms with van der Waals surface area (Å²) in [5, 5.41) is 10.2. The van der Waals surface area contributed by atoms with Gasteiger partial charge in [-0.25, -0.2) is 4.99 Å². The van der Waals surface area contributed by atoms with E-state index < -0.39 is 0 Å². The van der Waals surface area contributed by atoms with Gasteiger partial charge >= 0.3 is 0 Å². The zero-order valence-corrected chi connectivity index (χ0v) is 17.1. The maximum atomic E-state index is 11.6. The van der Waals surface area contributed by atoms with Gasteiger partial charge < -0.3 is 16.0 Å². The molecule has 3 N–H and O–H groups in total. The number of hydrogen-bond acceptors (Lipinski definition) is 2. The first-order valence-electron chi connectivity index (χ1n) is 9.65. The fourth-order valence-electron chi connectivity index (χ4n) is 3.21. The lowest BCUT2D eigenvalue weighted by Gasteiger charge is -2.19. The fraction of sp³-hybridized carbons (Fsp3) is 0.364. The molecular formula is C22H27ClN4O. The van der Waals surface area contributed by atoms with Crippen molar-refractivity contribution in [3.8, 4) is 0 Å². The molecule has 5 nitrogen and oxygen atoms in total. The van der Waals surface area contributed by atoms with Gasteiger partial charge in [-0.1, -0.05) is 35.9 Å². The van der Waals surface area contributed by atoms with Gasteiger partial charge in [-0.3, -0.25) is 4.79 Å². The van der Waals surface area contributed by atoms with Gasteiger partial charge in [-0.2, -0.15) is 0 Å². The molecule has 0 bridgehead atoms. The molecular weight excluding hydrogens is 372 g/mol. The maximum Gasteiger partial charge on any atom is 0.251 e. The predicted octanol–water partition coefficient (Wildman–Crippen LogP) is 3.49. The molecule has 1 fully saturated rings. The van der Waals surface area contributed by atoms with Crippen molar-refractivity contribution in [1.82, 2.24) is 16.0 Å². The van der Waals surface area contributed by atoms with Crippen LogP contribution in [0.15, 0.2) is 53.5 Å². The minimum absolute atomic E-state index is 0.0826. The van der Waals surface area contributed by atoms with E-state index in [1.54, 1.807) is 7.05 Å². The number of amides is 1. The molecule has 3 rings (SSSR count). The summed E-state index contributed by atoms with van der Waals surface area (Å²) < 4.78 is 0. The van der Waals surface area contributed by atoms with Crippen molar-refractivity contribution in [2.75, 3.05) is 20.1 Å². The molecule has 0 unspecified atom stereocenters. The maximum absolute atomic E-state index is 11.6. The SMILES string of the molecule is CCNC(=NCc1ccc(C(=O)NC)cc1)NCC1(c2cccc(Cl)c2)CC1. The van der Waals surface area contributed by atoms with Gasteiger partial charge in [0.1, 0.15) is 0 Å². The van der Waals surface area contributed by atoms with Crippen LogP contribution in [0.5, 0.6) is 0 Å². The van der Waals surface area contributed by atoms with Gasteiger partial charge in [0.2, 0.25) is 0 Å². The van der Waals surface area contributed by atoms with Crippen molar-refractivity contribution in [1.29, 1.82) is 0 Å². The van der Waals surface area contributed by atoms with E-state index in [0.29, 0.717) is 12.1 Å². The molecule has 0 heterocycles. The topological polar surface area (TPSA) is 65.5 Å². The zero-order valence-electron chi connectivity index (χ0n) is 16.4. The van der Waals surface area contributed by atoms with E-state index in [0.717, 1.165) is 42.5 Å². The van der Waals surface area contributed by atoms with Crippen LogP contribution in [0.25, 0.3) is 0 Å². The van der Waals surface area contributed by atoms with Gasteiger partial charge in [0.25, 0.3) is 5.91 Å². The van der Waals surface area contributed by atoms with Crippen LogP contribution in [0.3, 0.4) is 0 Å². The second kappa shape index (κ2) is 9.11. The van der Waals surface area contributed by atoms with E-state index in [1.165, 1.54) is 5.56 Å². The molecule has 148 valence electrons. The normalized spacial score (nSPS) is 15.0. The second-order valence-electron chi connectivity index (χ2n) is 7.12. The van der Waals surface area contributed by atoms with Crippen LogP contribution in [0, 0.1) is 0 Å².